The Labute approximate surface area is 124 Å². The molecule has 21 heavy (non-hydrogen) atoms. The van der Waals surface area contributed by atoms with Crippen LogP contribution in [-0.2, 0) is 0 Å². The van der Waals surface area contributed by atoms with Crippen molar-refractivity contribution < 1.29 is 15.0 Å². The van der Waals surface area contributed by atoms with Gasteiger partial charge in [-0.2, -0.15) is 0 Å². The van der Waals surface area contributed by atoms with Crippen LogP contribution < -0.4 is 4.90 Å². The molecule has 0 aliphatic rings. The second kappa shape index (κ2) is 6.31. The monoisotopic (exact) mass is 285 g/mol. The lowest BCUT2D eigenvalue weighted by atomic mass is 10.1. The van der Waals surface area contributed by atoms with E-state index in [1.165, 1.54) is 23.8 Å². The van der Waals surface area contributed by atoms with Gasteiger partial charge >= 0.3 is 0 Å². The number of aryl methyl sites for hydroxylation is 1. The highest BCUT2D eigenvalue weighted by Gasteiger charge is 2.13. The van der Waals surface area contributed by atoms with Crippen molar-refractivity contribution >= 4 is 11.5 Å². The van der Waals surface area contributed by atoms with Crippen molar-refractivity contribution in [2.24, 2.45) is 0 Å². The van der Waals surface area contributed by atoms with Crippen molar-refractivity contribution in [3.63, 3.8) is 0 Å². The number of phenols is 2. The van der Waals surface area contributed by atoms with E-state index in [4.69, 9.17) is 0 Å². The molecule has 0 bridgehead atoms. The van der Waals surface area contributed by atoms with Gasteiger partial charge in [-0.3, -0.25) is 4.79 Å². The maximum atomic E-state index is 12.3. The van der Waals surface area contributed by atoms with Crippen LogP contribution in [0.4, 0.5) is 5.69 Å². The summed E-state index contributed by atoms with van der Waals surface area (Å²) in [6.07, 6.45) is 0. The molecule has 0 saturated heterocycles. The zero-order valence-electron chi connectivity index (χ0n) is 12.2. The number of hydrogen-bond acceptors (Lipinski definition) is 4. The van der Waals surface area contributed by atoms with Gasteiger partial charge in [-0.15, -0.1) is 0 Å². The van der Waals surface area contributed by atoms with Crippen LogP contribution >= 0.6 is 0 Å². The predicted molar refractivity (Wildman–Crippen MR) is 83.2 cm³/mol. The van der Waals surface area contributed by atoms with Crippen molar-refractivity contribution in [2.45, 2.75) is 13.8 Å². The van der Waals surface area contributed by atoms with E-state index in [1.807, 2.05) is 43.0 Å². The summed E-state index contributed by atoms with van der Waals surface area (Å²) >= 11 is 0. The Kier molecular flexibility index (Phi) is 4.48. The number of aromatic hydroxyl groups is 2. The minimum atomic E-state index is -0.278. The first kappa shape index (κ1) is 14.9. The van der Waals surface area contributed by atoms with Crippen molar-refractivity contribution in [3.05, 3.63) is 53.6 Å². The van der Waals surface area contributed by atoms with Gasteiger partial charge in [0.2, 0.25) is 0 Å². The number of phenolic OH excluding ortho intramolecular Hbond substituents is 2. The maximum absolute atomic E-state index is 12.3. The second-order valence-corrected chi connectivity index (χ2v) is 4.98. The molecule has 0 unspecified atom stereocenters. The molecule has 0 spiro atoms. The number of hydrogen-bond donors (Lipinski definition) is 2. The quantitative estimate of drug-likeness (QED) is 0.654. The molecular formula is C17H19NO3. The third-order valence-electron chi connectivity index (χ3n) is 3.41. The third kappa shape index (κ3) is 3.54. The zero-order valence-corrected chi connectivity index (χ0v) is 12.2. The van der Waals surface area contributed by atoms with Crippen LogP contribution in [0.5, 0.6) is 11.5 Å². The van der Waals surface area contributed by atoms with Crippen molar-refractivity contribution in [3.8, 4) is 11.5 Å². The normalized spacial score (nSPS) is 10.4. The average Bonchev–Trinajstić information content (AvgIpc) is 2.48. The first-order valence-electron chi connectivity index (χ1n) is 6.88. The molecular weight excluding hydrogens is 266 g/mol. The number of benzene rings is 2. The van der Waals surface area contributed by atoms with Gasteiger partial charge in [-0.05, 0) is 44.2 Å². The molecule has 0 amide bonds. The summed E-state index contributed by atoms with van der Waals surface area (Å²) in [6, 6.07) is 12.1. The lowest BCUT2D eigenvalue weighted by Gasteiger charge is -2.22. The Hall–Kier alpha value is -2.49. The highest BCUT2D eigenvalue weighted by Crippen LogP contribution is 2.25. The van der Waals surface area contributed by atoms with Crippen LogP contribution in [0.2, 0.25) is 0 Å². The molecule has 4 heteroatoms. The summed E-state index contributed by atoms with van der Waals surface area (Å²) in [5.41, 5.74) is 2.54. The van der Waals surface area contributed by atoms with E-state index < -0.39 is 0 Å². The molecule has 4 nitrogen and oxygen atoms in total. The standard InChI is InChI=1S/C17H19NO3/c1-3-18(14-7-4-12(2)5-8-14)11-17(21)13-6-9-15(19)16(20)10-13/h4-10,19-20H,3,11H2,1-2H3. The molecule has 0 atom stereocenters. The number of anilines is 1. The molecule has 0 aromatic heterocycles. The molecule has 2 aromatic rings. The number of Topliss-reactive ketones (excluding diaryl/α,β-unsaturated/α-hetero) is 1. The number of carbonyl (C=O) groups is 1. The first-order valence-corrected chi connectivity index (χ1v) is 6.88. The van der Waals surface area contributed by atoms with Crippen LogP contribution in [0.1, 0.15) is 22.8 Å². The molecule has 0 radical (unpaired) electrons. The Morgan fingerprint density at radius 2 is 1.71 bits per heavy atom. The van der Waals surface area contributed by atoms with E-state index in [-0.39, 0.29) is 23.8 Å². The van der Waals surface area contributed by atoms with Gasteiger partial charge in [-0.25, -0.2) is 0 Å². The van der Waals surface area contributed by atoms with E-state index >= 15 is 0 Å². The van der Waals surface area contributed by atoms with Crippen LogP contribution in [0.25, 0.3) is 0 Å². The minimum absolute atomic E-state index is 0.104. The molecule has 0 heterocycles. The summed E-state index contributed by atoms with van der Waals surface area (Å²) in [5, 5.41) is 18.8. The molecule has 0 fully saturated rings. The summed E-state index contributed by atoms with van der Waals surface area (Å²) < 4.78 is 0. The van der Waals surface area contributed by atoms with Crippen molar-refractivity contribution in [1.29, 1.82) is 0 Å². The van der Waals surface area contributed by atoms with E-state index in [2.05, 4.69) is 0 Å². The molecule has 2 rings (SSSR count). The van der Waals surface area contributed by atoms with Crippen molar-refractivity contribution in [2.75, 3.05) is 18.0 Å². The van der Waals surface area contributed by atoms with Gasteiger partial charge in [0, 0.05) is 17.8 Å². The van der Waals surface area contributed by atoms with Gasteiger partial charge in [-0.1, -0.05) is 17.7 Å². The SMILES string of the molecule is CCN(CC(=O)c1ccc(O)c(O)c1)c1ccc(C)cc1. The summed E-state index contributed by atoms with van der Waals surface area (Å²) in [5.74, 6) is -0.607. The van der Waals surface area contributed by atoms with Gasteiger partial charge in [0.05, 0.1) is 6.54 Å². The smallest absolute Gasteiger partial charge is 0.182 e. The fraction of sp³-hybridized carbons (Fsp3) is 0.235. The zero-order chi connectivity index (χ0) is 15.4. The highest BCUT2D eigenvalue weighted by atomic mass is 16.3. The van der Waals surface area contributed by atoms with Crippen LogP contribution in [0.3, 0.4) is 0 Å². The summed E-state index contributed by atoms with van der Waals surface area (Å²) in [6.45, 7) is 4.94. The fourth-order valence-corrected chi connectivity index (χ4v) is 2.10. The largest absolute Gasteiger partial charge is 0.504 e. The number of carbonyl (C=O) groups excluding carboxylic acids is 1. The first-order chi connectivity index (χ1) is 10.0. The Morgan fingerprint density at radius 1 is 1.05 bits per heavy atom. The lowest BCUT2D eigenvalue weighted by Crippen LogP contribution is -2.29. The molecule has 0 aliphatic carbocycles. The van der Waals surface area contributed by atoms with Crippen LogP contribution in [-0.4, -0.2) is 29.1 Å². The van der Waals surface area contributed by atoms with E-state index in [0.29, 0.717) is 12.1 Å². The van der Waals surface area contributed by atoms with Gasteiger partial charge < -0.3 is 15.1 Å². The minimum Gasteiger partial charge on any atom is -0.504 e. The van der Waals surface area contributed by atoms with Crippen LogP contribution in [0.15, 0.2) is 42.5 Å². The lowest BCUT2D eigenvalue weighted by molar-refractivity contribution is 0.0999. The van der Waals surface area contributed by atoms with Crippen molar-refractivity contribution in [1.82, 2.24) is 0 Å². The average molecular weight is 285 g/mol. The summed E-state index contributed by atoms with van der Waals surface area (Å²) in [7, 11) is 0. The molecule has 2 aromatic carbocycles. The topological polar surface area (TPSA) is 60.8 Å². The van der Waals surface area contributed by atoms with E-state index in [0.717, 1.165) is 5.69 Å². The molecule has 0 saturated carbocycles. The number of likely N-dealkylation sites (N-methyl/N-ethyl adjacent to an activating group) is 1. The van der Waals surface area contributed by atoms with Gasteiger partial charge in [0.25, 0.3) is 0 Å². The Balaban J connectivity index is 2.15. The van der Waals surface area contributed by atoms with E-state index in [9.17, 15) is 15.0 Å². The molecule has 110 valence electrons. The predicted octanol–water partition coefficient (Wildman–Crippen LogP) is 3.12. The second-order valence-electron chi connectivity index (χ2n) is 4.98. The van der Waals surface area contributed by atoms with Gasteiger partial charge in [0.1, 0.15) is 0 Å². The number of rotatable bonds is 5. The molecule has 2 N–H and O–H groups in total. The Bertz CT molecular complexity index is 635. The Morgan fingerprint density at radius 3 is 2.29 bits per heavy atom. The van der Waals surface area contributed by atoms with Crippen LogP contribution in [0, 0.1) is 6.92 Å². The van der Waals surface area contributed by atoms with E-state index in [1.54, 1.807) is 0 Å². The fourth-order valence-electron chi connectivity index (χ4n) is 2.10. The highest BCUT2D eigenvalue weighted by molar-refractivity contribution is 5.99. The maximum Gasteiger partial charge on any atom is 0.182 e. The third-order valence-corrected chi connectivity index (χ3v) is 3.41. The number of nitrogens with zero attached hydrogens (tertiary/aromatic N) is 1. The summed E-state index contributed by atoms with van der Waals surface area (Å²) in [4.78, 5) is 14.2. The van der Waals surface area contributed by atoms with Gasteiger partial charge in [0.15, 0.2) is 17.3 Å². The number of ketones is 1. The molecule has 0 aliphatic heterocycles.